The zero-order chi connectivity index (χ0) is 15.4. The number of ether oxygens (including phenoxy) is 1. The van der Waals surface area contributed by atoms with Gasteiger partial charge in [0.1, 0.15) is 6.04 Å². The van der Waals surface area contributed by atoms with Gasteiger partial charge in [-0.05, 0) is 32.1 Å². The van der Waals surface area contributed by atoms with E-state index in [0.29, 0.717) is 19.2 Å². The fraction of sp³-hybridized carbons (Fsp3) is 0.875. The first-order valence-corrected chi connectivity index (χ1v) is 8.67. The Labute approximate surface area is 131 Å². The van der Waals surface area contributed by atoms with Crippen LogP contribution in [0.3, 0.4) is 0 Å². The molecule has 3 unspecified atom stereocenters. The lowest BCUT2D eigenvalue weighted by Gasteiger charge is -2.43. The molecule has 0 spiro atoms. The average molecular weight is 309 g/mol. The Kier molecular flexibility index (Phi) is 5.31. The summed E-state index contributed by atoms with van der Waals surface area (Å²) in [7, 11) is 0. The van der Waals surface area contributed by atoms with Gasteiger partial charge in [0.05, 0.1) is 19.3 Å². The number of nitrogens with one attached hydrogen (secondary N) is 2. The van der Waals surface area contributed by atoms with Gasteiger partial charge in [0, 0.05) is 19.1 Å². The highest BCUT2D eigenvalue weighted by atomic mass is 16.5. The molecule has 0 aromatic carbocycles. The van der Waals surface area contributed by atoms with Crippen LogP contribution in [0.15, 0.2) is 0 Å². The van der Waals surface area contributed by atoms with Crippen molar-refractivity contribution in [1.82, 2.24) is 15.5 Å². The summed E-state index contributed by atoms with van der Waals surface area (Å²) in [5.41, 5.74) is 0. The molecule has 2 saturated heterocycles. The Bertz CT molecular complexity index is 413. The Morgan fingerprint density at radius 2 is 2.05 bits per heavy atom. The third kappa shape index (κ3) is 3.79. The second-order valence-corrected chi connectivity index (χ2v) is 6.64. The van der Waals surface area contributed by atoms with E-state index < -0.39 is 0 Å². The highest BCUT2D eigenvalue weighted by molar-refractivity contribution is 5.88. The predicted octanol–water partition coefficient (Wildman–Crippen LogP) is 0.415. The molecule has 22 heavy (non-hydrogen) atoms. The van der Waals surface area contributed by atoms with Gasteiger partial charge in [0.2, 0.25) is 11.8 Å². The fourth-order valence-corrected chi connectivity index (χ4v) is 3.87. The normalized spacial score (nSPS) is 33.5. The van der Waals surface area contributed by atoms with Crippen LogP contribution in [0.1, 0.15) is 44.9 Å². The van der Waals surface area contributed by atoms with Gasteiger partial charge in [-0.25, -0.2) is 0 Å². The van der Waals surface area contributed by atoms with E-state index in [4.69, 9.17) is 4.74 Å². The molecular formula is C16H27N3O3. The molecule has 2 amide bonds. The zero-order valence-electron chi connectivity index (χ0n) is 13.2. The summed E-state index contributed by atoms with van der Waals surface area (Å²) in [6.07, 6.45) is 7.66. The van der Waals surface area contributed by atoms with E-state index in [1.54, 1.807) is 0 Å². The summed E-state index contributed by atoms with van der Waals surface area (Å²) >= 11 is 0. The molecule has 3 rings (SSSR count). The van der Waals surface area contributed by atoms with Gasteiger partial charge in [-0.2, -0.15) is 0 Å². The van der Waals surface area contributed by atoms with Crippen LogP contribution in [-0.4, -0.2) is 61.1 Å². The summed E-state index contributed by atoms with van der Waals surface area (Å²) in [6.45, 7) is 2.62. The van der Waals surface area contributed by atoms with Crippen molar-refractivity contribution < 1.29 is 14.3 Å². The Morgan fingerprint density at radius 1 is 1.23 bits per heavy atom. The van der Waals surface area contributed by atoms with Gasteiger partial charge in [0.15, 0.2) is 0 Å². The molecule has 0 aromatic heterocycles. The number of hydrogen-bond donors (Lipinski definition) is 2. The molecule has 2 heterocycles. The SMILES string of the molecule is O=C(CN1CCOC2CCCCC21)NC1CCCCNC1=O. The Hall–Kier alpha value is -1.14. The predicted molar refractivity (Wildman–Crippen MR) is 82.4 cm³/mol. The molecule has 6 heteroatoms. The van der Waals surface area contributed by atoms with Gasteiger partial charge in [-0.3, -0.25) is 14.5 Å². The molecule has 2 N–H and O–H groups in total. The molecule has 2 aliphatic heterocycles. The van der Waals surface area contributed by atoms with Crippen LogP contribution in [0.25, 0.3) is 0 Å². The third-order valence-electron chi connectivity index (χ3n) is 5.06. The lowest BCUT2D eigenvalue weighted by Crippen LogP contribution is -2.56. The minimum Gasteiger partial charge on any atom is -0.375 e. The molecule has 0 bridgehead atoms. The van der Waals surface area contributed by atoms with E-state index in [1.165, 1.54) is 12.8 Å². The molecule has 3 aliphatic rings. The monoisotopic (exact) mass is 309 g/mol. The third-order valence-corrected chi connectivity index (χ3v) is 5.06. The van der Waals surface area contributed by atoms with E-state index in [1.807, 2.05) is 0 Å². The summed E-state index contributed by atoms with van der Waals surface area (Å²) in [4.78, 5) is 26.5. The first kappa shape index (κ1) is 15.7. The topological polar surface area (TPSA) is 70.7 Å². The maximum absolute atomic E-state index is 12.3. The molecule has 1 saturated carbocycles. The van der Waals surface area contributed by atoms with Gasteiger partial charge in [-0.1, -0.05) is 12.8 Å². The maximum atomic E-state index is 12.3. The van der Waals surface area contributed by atoms with Crippen molar-refractivity contribution in [3.05, 3.63) is 0 Å². The molecular weight excluding hydrogens is 282 g/mol. The molecule has 3 atom stereocenters. The second kappa shape index (κ2) is 7.42. The Morgan fingerprint density at radius 3 is 2.95 bits per heavy atom. The van der Waals surface area contributed by atoms with E-state index in [-0.39, 0.29) is 24.0 Å². The van der Waals surface area contributed by atoms with Crippen LogP contribution in [0.4, 0.5) is 0 Å². The highest BCUT2D eigenvalue weighted by Gasteiger charge is 2.35. The number of rotatable bonds is 3. The van der Waals surface area contributed by atoms with Crippen molar-refractivity contribution in [2.45, 2.75) is 63.1 Å². The van der Waals surface area contributed by atoms with Crippen molar-refractivity contribution in [2.24, 2.45) is 0 Å². The van der Waals surface area contributed by atoms with E-state index in [2.05, 4.69) is 15.5 Å². The molecule has 0 radical (unpaired) electrons. The highest BCUT2D eigenvalue weighted by Crippen LogP contribution is 2.28. The minimum atomic E-state index is -0.363. The van der Waals surface area contributed by atoms with Gasteiger partial charge in [-0.15, -0.1) is 0 Å². The molecule has 6 nitrogen and oxygen atoms in total. The summed E-state index contributed by atoms with van der Waals surface area (Å²) in [5.74, 6) is -0.0726. The van der Waals surface area contributed by atoms with Crippen LogP contribution in [0.5, 0.6) is 0 Å². The minimum absolute atomic E-state index is 0.0340. The van der Waals surface area contributed by atoms with Crippen molar-refractivity contribution >= 4 is 11.8 Å². The van der Waals surface area contributed by atoms with Crippen molar-refractivity contribution in [2.75, 3.05) is 26.2 Å². The quantitative estimate of drug-likeness (QED) is 0.792. The second-order valence-electron chi connectivity index (χ2n) is 6.64. The molecule has 3 fully saturated rings. The number of carbonyl (C=O) groups excluding carboxylic acids is 2. The number of fused-ring (bicyclic) bond motifs is 1. The van der Waals surface area contributed by atoms with E-state index in [9.17, 15) is 9.59 Å². The molecule has 0 aromatic rings. The molecule has 1 aliphatic carbocycles. The number of hydrogen-bond acceptors (Lipinski definition) is 4. The number of amides is 2. The average Bonchev–Trinajstić information content (AvgIpc) is 2.73. The van der Waals surface area contributed by atoms with E-state index in [0.717, 1.165) is 45.2 Å². The summed E-state index contributed by atoms with van der Waals surface area (Å²) < 4.78 is 5.84. The first-order chi connectivity index (χ1) is 10.7. The first-order valence-electron chi connectivity index (χ1n) is 8.67. The number of carbonyl (C=O) groups is 2. The van der Waals surface area contributed by atoms with Crippen molar-refractivity contribution in [1.29, 1.82) is 0 Å². The maximum Gasteiger partial charge on any atom is 0.242 e. The van der Waals surface area contributed by atoms with Crippen LogP contribution in [0, 0.1) is 0 Å². The van der Waals surface area contributed by atoms with E-state index >= 15 is 0 Å². The van der Waals surface area contributed by atoms with Gasteiger partial charge >= 0.3 is 0 Å². The zero-order valence-corrected chi connectivity index (χ0v) is 13.2. The molecule has 124 valence electrons. The lowest BCUT2D eigenvalue weighted by atomic mass is 9.90. The summed E-state index contributed by atoms with van der Waals surface area (Å²) in [5, 5.41) is 5.78. The van der Waals surface area contributed by atoms with Crippen LogP contribution in [-0.2, 0) is 14.3 Å². The Balaban J connectivity index is 1.53. The van der Waals surface area contributed by atoms with Crippen molar-refractivity contribution in [3.8, 4) is 0 Å². The smallest absolute Gasteiger partial charge is 0.242 e. The van der Waals surface area contributed by atoms with Gasteiger partial charge in [0.25, 0.3) is 0 Å². The fourth-order valence-electron chi connectivity index (χ4n) is 3.87. The lowest BCUT2D eigenvalue weighted by molar-refractivity contribution is -0.133. The van der Waals surface area contributed by atoms with Crippen molar-refractivity contribution in [3.63, 3.8) is 0 Å². The van der Waals surface area contributed by atoms with Crippen LogP contribution >= 0.6 is 0 Å². The summed E-state index contributed by atoms with van der Waals surface area (Å²) in [6, 6.07) is 0.00871. The van der Waals surface area contributed by atoms with Crippen LogP contribution in [0.2, 0.25) is 0 Å². The number of morpholine rings is 1. The van der Waals surface area contributed by atoms with Gasteiger partial charge < -0.3 is 15.4 Å². The number of nitrogens with zero attached hydrogens (tertiary/aromatic N) is 1. The largest absolute Gasteiger partial charge is 0.375 e. The standard InChI is InChI=1S/C16H27N3O3/c20-15(18-12-5-3-4-8-17-16(12)21)11-19-9-10-22-14-7-2-1-6-13(14)19/h12-14H,1-11H2,(H,17,21)(H,18,20). The van der Waals surface area contributed by atoms with Crippen LogP contribution < -0.4 is 10.6 Å².